The number of hydrogen-bond acceptors (Lipinski definition) is 2. The van der Waals surface area contributed by atoms with Gasteiger partial charge in [0.25, 0.3) is 0 Å². The highest BCUT2D eigenvalue weighted by atomic mass is 79.9. The van der Waals surface area contributed by atoms with E-state index in [1.807, 2.05) is 26.2 Å². The van der Waals surface area contributed by atoms with Crippen molar-refractivity contribution in [1.29, 1.82) is 0 Å². The molecular weight excluding hydrogens is 304 g/mol. The second kappa shape index (κ2) is 6.06. The first-order valence-corrected chi connectivity index (χ1v) is 7.53. The van der Waals surface area contributed by atoms with E-state index in [2.05, 4.69) is 38.3 Å². The molecule has 0 saturated heterocycles. The SMILES string of the molecule is CN(C)CCCNC(=O)C1(c2ccc(Br)cc2)CC1. The van der Waals surface area contributed by atoms with Crippen LogP contribution in [0.1, 0.15) is 24.8 Å². The Bertz CT molecular complexity index is 438. The molecule has 1 saturated carbocycles. The maximum atomic E-state index is 12.3. The highest BCUT2D eigenvalue weighted by molar-refractivity contribution is 9.10. The number of nitrogens with one attached hydrogen (secondary N) is 1. The number of rotatable bonds is 6. The van der Waals surface area contributed by atoms with Crippen LogP contribution < -0.4 is 5.32 Å². The Morgan fingerprint density at radius 3 is 2.47 bits per heavy atom. The van der Waals surface area contributed by atoms with Crippen LogP contribution in [0.3, 0.4) is 0 Å². The monoisotopic (exact) mass is 324 g/mol. The summed E-state index contributed by atoms with van der Waals surface area (Å²) < 4.78 is 1.05. The van der Waals surface area contributed by atoms with E-state index in [-0.39, 0.29) is 11.3 Å². The third-order valence-corrected chi connectivity index (χ3v) is 4.18. The van der Waals surface area contributed by atoms with Gasteiger partial charge in [-0.3, -0.25) is 4.79 Å². The summed E-state index contributed by atoms with van der Waals surface area (Å²) in [7, 11) is 4.10. The highest BCUT2D eigenvalue weighted by Crippen LogP contribution is 2.48. The topological polar surface area (TPSA) is 32.3 Å². The average Bonchev–Trinajstić information content (AvgIpc) is 3.16. The van der Waals surface area contributed by atoms with E-state index in [4.69, 9.17) is 0 Å². The Morgan fingerprint density at radius 1 is 1.32 bits per heavy atom. The molecule has 104 valence electrons. The zero-order chi connectivity index (χ0) is 13.9. The van der Waals surface area contributed by atoms with Crippen LogP contribution in [0, 0.1) is 0 Å². The summed E-state index contributed by atoms with van der Waals surface area (Å²) in [5, 5.41) is 3.08. The van der Waals surface area contributed by atoms with E-state index in [1.165, 1.54) is 0 Å². The number of hydrogen-bond donors (Lipinski definition) is 1. The van der Waals surface area contributed by atoms with Gasteiger partial charge in [0.15, 0.2) is 0 Å². The summed E-state index contributed by atoms with van der Waals surface area (Å²) in [6.45, 7) is 1.76. The van der Waals surface area contributed by atoms with Crippen LogP contribution in [0.25, 0.3) is 0 Å². The Hall–Kier alpha value is -0.870. The van der Waals surface area contributed by atoms with Gasteiger partial charge in [0.1, 0.15) is 0 Å². The summed E-state index contributed by atoms with van der Waals surface area (Å²) in [6.07, 6.45) is 2.93. The number of amides is 1. The zero-order valence-corrected chi connectivity index (χ0v) is 13.2. The predicted molar refractivity (Wildman–Crippen MR) is 81.2 cm³/mol. The third-order valence-electron chi connectivity index (χ3n) is 3.65. The molecule has 1 aromatic carbocycles. The molecule has 0 heterocycles. The number of carbonyl (C=O) groups is 1. The van der Waals surface area contributed by atoms with Gasteiger partial charge in [0, 0.05) is 11.0 Å². The van der Waals surface area contributed by atoms with Gasteiger partial charge in [-0.25, -0.2) is 0 Å². The molecule has 1 amide bonds. The predicted octanol–water partition coefficient (Wildman–Crippen LogP) is 2.55. The lowest BCUT2D eigenvalue weighted by Crippen LogP contribution is -2.36. The molecule has 0 unspecified atom stereocenters. The van der Waals surface area contributed by atoms with Gasteiger partial charge < -0.3 is 10.2 Å². The van der Waals surface area contributed by atoms with E-state index in [1.54, 1.807) is 0 Å². The maximum absolute atomic E-state index is 12.3. The molecule has 3 nitrogen and oxygen atoms in total. The molecule has 0 atom stereocenters. The molecule has 0 aliphatic heterocycles. The highest BCUT2D eigenvalue weighted by Gasteiger charge is 2.50. The molecule has 1 aliphatic rings. The minimum atomic E-state index is -0.251. The Balaban J connectivity index is 1.89. The molecule has 2 rings (SSSR count). The maximum Gasteiger partial charge on any atom is 0.230 e. The lowest BCUT2D eigenvalue weighted by Gasteiger charge is -2.16. The van der Waals surface area contributed by atoms with Gasteiger partial charge in [0.2, 0.25) is 5.91 Å². The van der Waals surface area contributed by atoms with Gasteiger partial charge in [-0.05, 0) is 57.6 Å². The second-order valence-electron chi connectivity index (χ2n) is 5.50. The van der Waals surface area contributed by atoms with Crippen molar-refractivity contribution in [2.24, 2.45) is 0 Å². The molecule has 0 radical (unpaired) electrons. The van der Waals surface area contributed by atoms with Crippen LogP contribution in [0.2, 0.25) is 0 Å². The van der Waals surface area contributed by atoms with Crippen molar-refractivity contribution in [3.8, 4) is 0 Å². The zero-order valence-electron chi connectivity index (χ0n) is 11.6. The number of carbonyl (C=O) groups excluding carboxylic acids is 1. The lowest BCUT2D eigenvalue weighted by atomic mass is 9.95. The first-order valence-electron chi connectivity index (χ1n) is 6.74. The Morgan fingerprint density at radius 2 is 1.95 bits per heavy atom. The quantitative estimate of drug-likeness (QED) is 0.815. The van der Waals surface area contributed by atoms with Crippen molar-refractivity contribution < 1.29 is 4.79 Å². The van der Waals surface area contributed by atoms with Crippen molar-refractivity contribution in [1.82, 2.24) is 10.2 Å². The molecule has 4 heteroatoms. The van der Waals surface area contributed by atoms with Crippen LogP contribution in [-0.2, 0) is 10.2 Å². The fourth-order valence-electron chi connectivity index (χ4n) is 2.31. The number of benzene rings is 1. The molecule has 19 heavy (non-hydrogen) atoms. The van der Waals surface area contributed by atoms with Crippen molar-refractivity contribution >= 4 is 21.8 Å². The second-order valence-corrected chi connectivity index (χ2v) is 6.42. The van der Waals surface area contributed by atoms with Crippen molar-refractivity contribution in [3.63, 3.8) is 0 Å². The van der Waals surface area contributed by atoms with Gasteiger partial charge in [0.05, 0.1) is 5.41 Å². The summed E-state index contributed by atoms with van der Waals surface area (Å²) >= 11 is 3.43. The average molecular weight is 325 g/mol. The van der Waals surface area contributed by atoms with Gasteiger partial charge in [-0.15, -0.1) is 0 Å². The molecule has 1 fully saturated rings. The Labute approximate surface area is 123 Å². The fourth-order valence-corrected chi connectivity index (χ4v) is 2.57. The summed E-state index contributed by atoms with van der Waals surface area (Å²) in [5.74, 6) is 0.188. The number of nitrogens with zero attached hydrogens (tertiary/aromatic N) is 1. The summed E-state index contributed by atoms with van der Waals surface area (Å²) in [6, 6.07) is 8.12. The Kier molecular flexibility index (Phi) is 4.63. The van der Waals surface area contributed by atoms with Crippen molar-refractivity contribution in [2.75, 3.05) is 27.2 Å². The third kappa shape index (κ3) is 3.57. The van der Waals surface area contributed by atoms with Gasteiger partial charge in [-0.2, -0.15) is 0 Å². The van der Waals surface area contributed by atoms with Gasteiger partial charge >= 0.3 is 0 Å². The number of halogens is 1. The molecular formula is C15H21BrN2O. The van der Waals surface area contributed by atoms with E-state index < -0.39 is 0 Å². The van der Waals surface area contributed by atoms with E-state index in [9.17, 15) is 4.79 Å². The first-order chi connectivity index (χ1) is 9.04. The molecule has 0 aromatic heterocycles. The smallest absolute Gasteiger partial charge is 0.230 e. The van der Waals surface area contributed by atoms with Crippen molar-refractivity contribution in [3.05, 3.63) is 34.3 Å². The minimum Gasteiger partial charge on any atom is -0.355 e. The minimum absolute atomic E-state index is 0.188. The first kappa shape index (κ1) is 14.5. The molecule has 0 bridgehead atoms. The fraction of sp³-hybridized carbons (Fsp3) is 0.533. The summed E-state index contributed by atoms with van der Waals surface area (Å²) in [5.41, 5.74) is 0.888. The summed E-state index contributed by atoms with van der Waals surface area (Å²) in [4.78, 5) is 14.5. The van der Waals surface area contributed by atoms with Crippen LogP contribution in [-0.4, -0.2) is 38.0 Å². The van der Waals surface area contributed by atoms with Crippen LogP contribution in [0.4, 0.5) is 0 Å². The van der Waals surface area contributed by atoms with Crippen molar-refractivity contribution in [2.45, 2.75) is 24.7 Å². The molecule has 1 N–H and O–H groups in total. The van der Waals surface area contributed by atoms with Crippen LogP contribution >= 0.6 is 15.9 Å². The van der Waals surface area contributed by atoms with E-state index >= 15 is 0 Å². The molecule has 1 aromatic rings. The van der Waals surface area contributed by atoms with Crippen LogP contribution in [0.15, 0.2) is 28.7 Å². The lowest BCUT2D eigenvalue weighted by molar-refractivity contribution is -0.123. The normalized spacial score (nSPS) is 16.4. The molecule has 1 aliphatic carbocycles. The largest absolute Gasteiger partial charge is 0.355 e. The van der Waals surface area contributed by atoms with Crippen LogP contribution in [0.5, 0.6) is 0 Å². The van der Waals surface area contributed by atoms with E-state index in [0.717, 1.165) is 42.4 Å². The van der Waals surface area contributed by atoms with E-state index in [0.29, 0.717) is 0 Å². The standard InChI is InChI=1S/C15H21BrN2O/c1-18(2)11-3-10-17-14(19)15(8-9-15)12-4-6-13(16)7-5-12/h4-7H,3,8-11H2,1-2H3,(H,17,19). The van der Waals surface area contributed by atoms with Gasteiger partial charge in [-0.1, -0.05) is 28.1 Å². The molecule has 0 spiro atoms.